The number of allylic oxidation sites excluding steroid dienone is 1. The topological polar surface area (TPSA) is 36.9 Å². The van der Waals surface area contributed by atoms with E-state index in [0.29, 0.717) is 26.4 Å². The molecular weight excluding hydrogens is 224 g/mol. The van der Waals surface area contributed by atoms with Crippen LogP contribution in [0.3, 0.4) is 0 Å². The van der Waals surface area contributed by atoms with Crippen LogP contribution in [0.4, 0.5) is 0 Å². The molecule has 0 aromatic rings. The molecule has 5 heteroatoms. The van der Waals surface area contributed by atoms with Crippen molar-refractivity contribution in [3.8, 4) is 0 Å². The molecule has 16 heavy (non-hydrogen) atoms. The van der Waals surface area contributed by atoms with Crippen molar-refractivity contribution in [1.82, 2.24) is 0 Å². The molecule has 96 valence electrons. The van der Waals surface area contributed by atoms with Crippen LogP contribution in [0.15, 0.2) is 12.7 Å². The summed E-state index contributed by atoms with van der Waals surface area (Å²) in [5, 5.41) is 0. The molecule has 0 aliphatic rings. The van der Waals surface area contributed by atoms with Crippen molar-refractivity contribution < 1.29 is 18.3 Å². The zero-order valence-corrected chi connectivity index (χ0v) is 11.7. The summed E-state index contributed by atoms with van der Waals surface area (Å²) in [6.07, 6.45) is 2.81. The molecule has 0 radical (unpaired) electrons. The van der Waals surface area contributed by atoms with Crippen molar-refractivity contribution in [2.24, 2.45) is 0 Å². The molecule has 0 bridgehead atoms. The fraction of sp³-hybridized carbons (Fsp3) is 0.818. The normalized spacial score (nSPS) is 11.7. The van der Waals surface area contributed by atoms with E-state index < -0.39 is 8.56 Å². The summed E-state index contributed by atoms with van der Waals surface area (Å²) < 4.78 is 21.5. The highest BCUT2D eigenvalue weighted by Gasteiger charge is 2.30. The summed E-state index contributed by atoms with van der Waals surface area (Å²) >= 11 is 0. The molecule has 4 nitrogen and oxygen atoms in total. The Balaban J connectivity index is 3.96. The van der Waals surface area contributed by atoms with Gasteiger partial charge in [0.1, 0.15) is 0 Å². The molecule has 0 rings (SSSR count). The predicted octanol–water partition coefficient (Wildman–Crippen LogP) is 1.96. The van der Waals surface area contributed by atoms with E-state index in [4.69, 9.17) is 18.3 Å². The van der Waals surface area contributed by atoms with Crippen molar-refractivity contribution in [3.63, 3.8) is 0 Å². The highest BCUT2D eigenvalue weighted by molar-refractivity contribution is 6.66. The van der Waals surface area contributed by atoms with Crippen LogP contribution >= 0.6 is 0 Å². The molecule has 0 spiro atoms. The first-order chi connectivity index (χ1) is 7.68. The van der Waals surface area contributed by atoms with E-state index in [1.807, 2.05) is 6.08 Å². The van der Waals surface area contributed by atoms with Crippen LogP contribution < -0.4 is 0 Å². The van der Waals surface area contributed by atoms with E-state index in [0.717, 1.165) is 12.5 Å². The highest BCUT2D eigenvalue weighted by atomic mass is 28.4. The molecule has 0 unspecified atom stereocenters. The number of ether oxygens (including phenoxy) is 2. The largest absolute Gasteiger partial charge is 0.392 e. The van der Waals surface area contributed by atoms with E-state index >= 15 is 0 Å². The Kier molecular flexibility index (Phi) is 9.86. The first-order valence-corrected chi connectivity index (χ1v) is 8.07. The average Bonchev–Trinajstić information content (AvgIpc) is 2.27. The fourth-order valence-corrected chi connectivity index (χ4v) is 3.36. The van der Waals surface area contributed by atoms with Crippen molar-refractivity contribution in [1.29, 1.82) is 0 Å². The Bertz CT molecular complexity index is 165. The standard InChI is InChI=1S/C11H24O4Si/c1-5-6-11-16(4,14-9-7-12-2)15-10-8-13-3/h5H,1,6-11H2,2-4H3. The lowest BCUT2D eigenvalue weighted by molar-refractivity contribution is 0.0886. The summed E-state index contributed by atoms with van der Waals surface area (Å²) in [4.78, 5) is 0. The average molecular weight is 248 g/mol. The van der Waals surface area contributed by atoms with Gasteiger partial charge < -0.3 is 18.3 Å². The lowest BCUT2D eigenvalue weighted by Gasteiger charge is -2.26. The molecular formula is C11H24O4Si. The van der Waals surface area contributed by atoms with Gasteiger partial charge in [-0.1, -0.05) is 6.08 Å². The molecule has 0 aliphatic heterocycles. The number of hydrogen-bond donors (Lipinski definition) is 0. The minimum absolute atomic E-state index is 0.587. The van der Waals surface area contributed by atoms with Crippen molar-refractivity contribution in [3.05, 3.63) is 12.7 Å². The van der Waals surface area contributed by atoms with E-state index in [2.05, 4.69) is 13.1 Å². The lowest BCUT2D eigenvalue weighted by Crippen LogP contribution is -2.40. The first kappa shape index (κ1) is 15.8. The smallest absolute Gasteiger partial charge is 0.335 e. The molecule has 0 atom stereocenters. The van der Waals surface area contributed by atoms with Crippen molar-refractivity contribution in [2.45, 2.75) is 19.0 Å². The minimum atomic E-state index is -2.08. The number of rotatable bonds is 11. The Morgan fingerprint density at radius 2 is 1.50 bits per heavy atom. The van der Waals surface area contributed by atoms with Gasteiger partial charge in [0.25, 0.3) is 0 Å². The van der Waals surface area contributed by atoms with Crippen LogP contribution in [0.25, 0.3) is 0 Å². The lowest BCUT2D eigenvalue weighted by atomic mass is 10.5. The van der Waals surface area contributed by atoms with Crippen LogP contribution in [0.5, 0.6) is 0 Å². The van der Waals surface area contributed by atoms with Crippen LogP contribution in [0.1, 0.15) is 6.42 Å². The van der Waals surface area contributed by atoms with Gasteiger partial charge in [-0.05, 0) is 19.0 Å². The van der Waals surface area contributed by atoms with Gasteiger partial charge in [0.15, 0.2) is 0 Å². The molecule has 0 aromatic carbocycles. The second-order valence-corrected chi connectivity index (χ2v) is 6.99. The molecule has 0 saturated carbocycles. The van der Waals surface area contributed by atoms with Gasteiger partial charge in [0.05, 0.1) is 26.4 Å². The zero-order valence-electron chi connectivity index (χ0n) is 10.7. The third-order valence-corrected chi connectivity index (χ3v) is 5.02. The molecule has 0 aromatic heterocycles. The quantitative estimate of drug-likeness (QED) is 0.318. The minimum Gasteiger partial charge on any atom is -0.392 e. The van der Waals surface area contributed by atoms with E-state index in [9.17, 15) is 0 Å². The summed E-state index contributed by atoms with van der Waals surface area (Å²) in [5.41, 5.74) is 0. The second-order valence-electron chi connectivity index (χ2n) is 3.64. The number of hydrogen-bond acceptors (Lipinski definition) is 4. The van der Waals surface area contributed by atoms with Crippen molar-refractivity contribution >= 4 is 8.56 Å². The Labute approximate surface area is 99.8 Å². The predicted molar refractivity (Wildman–Crippen MR) is 66.9 cm³/mol. The third kappa shape index (κ3) is 8.01. The zero-order chi connectivity index (χ0) is 12.3. The summed E-state index contributed by atoms with van der Waals surface area (Å²) in [7, 11) is 1.25. The van der Waals surface area contributed by atoms with Crippen LogP contribution in [-0.4, -0.2) is 49.2 Å². The first-order valence-electron chi connectivity index (χ1n) is 5.55. The maximum atomic E-state index is 5.81. The van der Waals surface area contributed by atoms with E-state index in [-0.39, 0.29) is 0 Å². The van der Waals surface area contributed by atoms with Gasteiger partial charge in [0.2, 0.25) is 0 Å². The molecule has 0 amide bonds. The Morgan fingerprint density at radius 1 is 1.00 bits per heavy atom. The molecule has 0 fully saturated rings. The summed E-state index contributed by atoms with van der Waals surface area (Å²) in [6.45, 7) is 8.17. The van der Waals surface area contributed by atoms with Gasteiger partial charge >= 0.3 is 8.56 Å². The molecule has 0 aliphatic carbocycles. The Hall–Kier alpha value is -0.203. The summed E-state index contributed by atoms with van der Waals surface area (Å²) in [5.74, 6) is 0. The number of methoxy groups -OCH3 is 2. The molecule has 0 heterocycles. The molecule has 0 N–H and O–H groups in total. The van der Waals surface area contributed by atoms with Gasteiger partial charge in [-0.3, -0.25) is 0 Å². The van der Waals surface area contributed by atoms with Crippen LogP contribution in [0, 0.1) is 0 Å². The van der Waals surface area contributed by atoms with Gasteiger partial charge in [-0.15, -0.1) is 6.58 Å². The Morgan fingerprint density at radius 3 is 1.88 bits per heavy atom. The fourth-order valence-electron chi connectivity index (χ4n) is 1.23. The monoisotopic (exact) mass is 248 g/mol. The summed E-state index contributed by atoms with van der Waals surface area (Å²) in [6, 6.07) is 0.921. The maximum Gasteiger partial charge on any atom is 0.335 e. The van der Waals surface area contributed by atoms with E-state index in [1.54, 1.807) is 14.2 Å². The SMILES string of the molecule is C=CCC[Si](C)(OCCOC)OCCOC. The van der Waals surface area contributed by atoms with Gasteiger partial charge in [-0.2, -0.15) is 0 Å². The highest BCUT2D eigenvalue weighted by Crippen LogP contribution is 2.16. The van der Waals surface area contributed by atoms with Gasteiger partial charge in [-0.25, -0.2) is 0 Å². The van der Waals surface area contributed by atoms with Crippen LogP contribution in [-0.2, 0) is 18.3 Å². The molecule has 0 saturated heterocycles. The maximum absolute atomic E-state index is 5.81. The van der Waals surface area contributed by atoms with Gasteiger partial charge in [0, 0.05) is 14.2 Å². The second kappa shape index (κ2) is 9.98. The van der Waals surface area contributed by atoms with E-state index in [1.165, 1.54) is 0 Å². The van der Waals surface area contributed by atoms with Crippen molar-refractivity contribution in [2.75, 3.05) is 40.6 Å². The third-order valence-electron chi connectivity index (χ3n) is 2.19. The van der Waals surface area contributed by atoms with Crippen LogP contribution in [0.2, 0.25) is 12.6 Å².